The molecule has 4 heteroatoms. The van der Waals surface area contributed by atoms with E-state index in [1.807, 2.05) is 6.20 Å². The first-order valence-corrected chi connectivity index (χ1v) is 5.74. The Hall–Kier alpha value is -0.870. The second-order valence-electron chi connectivity index (χ2n) is 4.42. The number of nitrogens with two attached hydrogens (primary N) is 1. The smallest absolute Gasteiger partial charge is 0.0922 e. The molecule has 0 saturated carbocycles. The van der Waals surface area contributed by atoms with Crippen LogP contribution in [0.4, 0.5) is 0 Å². The summed E-state index contributed by atoms with van der Waals surface area (Å²) in [5.74, 6) is 0. The average Bonchev–Trinajstić information content (AvgIpc) is 2.74. The van der Waals surface area contributed by atoms with Gasteiger partial charge < -0.3 is 10.7 Å². The molecule has 15 heavy (non-hydrogen) atoms. The van der Waals surface area contributed by atoms with Gasteiger partial charge in [0.25, 0.3) is 0 Å². The van der Waals surface area contributed by atoms with Crippen molar-refractivity contribution < 1.29 is 0 Å². The second-order valence-corrected chi connectivity index (χ2v) is 4.42. The molecule has 1 fully saturated rings. The predicted octanol–water partition coefficient (Wildman–Crippen LogP) is 1.11. The standard InChI is InChI=1S/C11H20N4/c1-9-3-2-4-11(5-12)15(9)7-10-6-13-8-14-10/h6,8-9,11H,2-5,7,12H2,1H3,(H,13,14). The molecule has 3 N–H and O–H groups in total. The third kappa shape index (κ3) is 2.38. The van der Waals surface area contributed by atoms with E-state index >= 15 is 0 Å². The van der Waals surface area contributed by atoms with Crippen molar-refractivity contribution in [1.29, 1.82) is 0 Å². The molecule has 2 rings (SSSR count). The van der Waals surface area contributed by atoms with E-state index in [1.165, 1.54) is 25.0 Å². The van der Waals surface area contributed by atoms with Gasteiger partial charge in [0.15, 0.2) is 0 Å². The van der Waals surface area contributed by atoms with Crippen LogP contribution in [-0.4, -0.2) is 33.5 Å². The van der Waals surface area contributed by atoms with E-state index in [-0.39, 0.29) is 0 Å². The fraction of sp³-hybridized carbons (Fsp3) is 0.727. The summed E-state index contributed by atoms with van der Waals surface area (Å²) in [4.78, 5) is 9.70. The van der Waals surface area contributed by atoms with Crippen LogP contribution in [0.2, 0.25) is 0 Å². The van der Waals surface area contributed by atoms with Crippen LogP contribution in [0.3, 0.4) is 0 Å². The zero-order valence-electron chi connectivity index (χ0n) is 9.32. The van der Waals surface area contributed by atoms with Crippen LogP contribution in [0, 0.1) is 0 Å². The van der Waals surface area contributed by atoms with Crippen molar-refractivity contribution in [2.45, 2.75) is 44.8 Å². The Bertz CT molecular complexity index is 283. The second kappa shape index (κ2) is 4.77. The van der Waals surface area contributed by atoms with Gasteiger partial charge in [-0.2, -0.15) is 0 Å². The molecular formula is C11H20N4. The Morgan fingerprint density at radius 3 is 3.13 bits per heavy atom. The summed E-state index contributed by atoms with van der Waals surface area (Å²) in [6.45, 7) is 4.00. The van der Waals surface area contributed by atoms with Crippen LogP contribution in [0.15, 0.2) is 12.5 Å². The van der Waals surface area contributed by atoms with Crippen LogP contribution >= 0.6 is 0 Å². The normalized spacial score (nSPS) is 28.1. The van der Waals surface area contributed by atoms with Gasteiger partial charge in [0.1, 0.15) is 0 Å². The third-order valence-electron chi connectivity index (χ3n) is 3.37. The van der Waals surface area contributed by atoms with Crippen LogP contribution in [0.1, 0.15) is 31.9 Å². The van der Waals surface area contributed by atoms with E-state index in [0.717, 1.165) is 13.1 Å². The van der Waals surface area contributed by atoms with E-state index in [1.54, 1.807) is 6.33 Å². The fourth-order valence-electron chi connectivity index (χ4n) is 2.45. The van der Waals surface area contributed by atoms with Crippen molar-refractivity contribution in [1.82, 2.24) is 14.9 Å². The van der Waals surface area contributed by atoms with Gasteiger partial charge in [-0.05, 0) is 19.8 Å². The molecule has 1 aliphatic rings. The summed E-state index contributed by atoms with van der Waals surface area (Å²) in [5, 5.41) is 0. The maximum atomic E-state index is 5.82. The summed E-state index contributed by atoms with van der Waals surface area (Å²) in [6.07, 6.45) is 7.46. The average molecular weight is 208 g/mol. The highest BCUT2D eigenvalue weighted by molar-refractivity contribution is 4.96. The van der Waals surface area contributed by atoms with Gasteiger partial charge in [0.05, 0.1) is 6.33 Å². The Balaban J connectivity index is 2.03. The highest BCUT2D eigenvalue weighted by Crippen LogP contribution is 2.23. The van der Waals surface area contributed by atoms with Gasteiger partial charge in [-0.25, -0.2) is 4.98 Å². The molecule has 1 aromatic rings. The maximum absolute atomic E-state index is 5.82. The van der Waals surface area contributed by atoms with Gasteiger partial charge in [0.2, 0.25) is 0 Å². The quantitative estimate of drug-likeness (QED) is 0.782. The Kier molecular flexibility index (Phi) is 3.38. The van der Waals surface area contributed by atoms with Gasteiger partial charge in [-0.3, -0.25) is 4.90 Å². The lowest BCUT2D eigenvalue weighted by Gasteiger charge is -2.39. The number of hydrogen-bond acceptors (Lipinski definition) is 3. The van der Waals surface area contributed by atoms with Crippen LogP contribution in [-0.2, 0) is 6.54 Å². The van der Waals surface area contributed by atoms with E-state index in [2.05, 4.69) is 21.8 Å². The van der Waals surface area contributed by atoms with Crippen molar-refractivity contribution in [2.75, 3.05) is 6.54 Å². The van der Waals surface area contributed by atoms with Crippen molar-refractivity contribution in [3.05, 3.63) is 18.2 Å². The van der Waals surface area contributed by atoms with Crippen LogP contribution in [0.25, 0.3) is 0 Å². The summed E-state index contributed by atoms with van der Waals surface area (Å²) in [6, 6.07) is 1.17. The SMILES string of the molecule is CC1CCCC(CN)N1Cc1cnc[nH]1. The van der Waals surface area contributed by atoms with Gasteiger partial charge >= 0.3 is 0 Å². The number of nitrogens with zero attached hydrogens (tertiary/aromatic N) is 2. The molecule has 0 radical (unpaired) electrons. The molecule has 0 amide bonds. The fourth-order valence-corrected chi connectivity index (χ4v) is 2.45. The van der Waals surface area contributed by atoms with Crippen molar-refractivity contribution in [2.24, 2.45) is 5.73 Å². The number of hydrogen-bond donors (Lipinski definition) is 2. The molecule has 2 atom stereocenters. The Morgan fingerprint density at radius 2 is 2.47 bits per heavy atom. The molecule has 0 aliphatic carbocycles. The highest BCUT2D eigenvalue weighted by Gasteiger charge is 2.26. The monoisotopic (exact) mass is 208 g/mol. The predicted molar refractivity (Wildman–Crippen MR) is 60.3 cm³/mol. The lowest BCUT2D eigenvalue weighted by atomic mass is 9.96. The first-order chi connectivity index (χ1) is 7.31. The first kappa shape index (κ1) is 10.6. The highest BCUT2D eigenvalue weighted by atomic mass is 15.2. The molecular weight excluding hydrogens is 188 g/mol. The molecule has 0 spiro atoms. The van der Waals surface area contributed by atoms with Crippen LogP contribution in [0.5, 0.6) is 0 Å². The summed E-state index contributed by atoms with van der Waals surface area (Å²) in [7, 11) is 0. The molecule has 4 nitrogen and oxygen atoms in total. The molecule has 2 heterocycles. The zero-order valence-corrected chi connectivity index (χ0v) is 9.32. The minimum absolute atomic E-state index is 0.539. The number of aromatic nitrogens is 2. The van der Waals surface area contributed by atoms with E-state index in [0.29, 0.717) is 12.1 Å². The molecule has 1 aliphatic heterocycles. The summed E-state index contributed by atoms with van der Waals surface area (Å²) < 4.78 is 0. The number of piperidine rings is 1. The van der Waals surface area contributed by atoms with Crippen LogP contribution < -0.4 is 5.73 Å². The number of rotatable bonds is 3. The Morgan fingerprint density at radius 1 is 1.60 bits per heavy atom. The topological polar surface area (TPSA) is 57.9 Å². The van der Waals surface area contributed by atoms with Gasteiger partial charge in [-0.15, -0.1) is 0 Å². The van der Waals surface area contributed by atoms with Gasteiger partial charge in [-0.1, -0.05) is 6.42 Å². The van der Waals surface area contributed by atoms with E-state index in [9.17, 15) is 0 Å². The summed E-state index contributed by atoms with van der Waals surface area (Å²) in [5.41, 5.74) is 7.00. The number of imidazole rings is 1. The number of H-pyrrole nitrogens is 1. The van der Waals surface area contributed by atoms with E-state index in [4.69, 9.17) is 5.73 Å². The lowest BCUT2D eigenvalue weighted by Crippen LogP contribution is -2.48. The first-order valence-electron chi connectivity index (χ1n) is 5.74. The molecule has 84 valence electrons. The maximum Gasteiger partial charge on any atom is 0.0922 e. The zero-order chi connectivity index (χ0) is 10.7. The molecule has 1 aromatic heterocycles. The van der Waals surface area contributed by atoms with Crippen molar-refractivity contribution >= 4 is 0 Å². The molecule has 0 bridgehead atoms. The van der Waals surface area contributed by atoms with Crippen molar-refractivity contribution in [3.63, 3.8) is 0 Å². The minimum atomic E-state index is 0.539. The molecule has 0 aromatic carbocycles. The number of nitrogens with one attached hydrogen (secondary N) is 1. The van der Waals surface area contributed by atoms with Crippen molar-refractivity contribution in [3.8, 4) is 0 Å². The third-order valence-corrected chi connectivity index (χ3v) is 3.37. The summed E-state index contributed by atoms with van der Waals surface area (Å²) >= 11 is 0. The number of likely N-dealkylation sites (tertiary alicyclic amines) is 1. The molecule has 1 saturated heterocycles. The largest absolute Gasteiger partial charge is 0.347 e. The number of aromatic amines is 1. The lowest BCUT2D eigenvalue weighted by molar-refractivity contribution is 0.0880. The van der Waals surface area contributed by atoms with E-state index < -0.39 is 0 Å². The molecule has 2 unspecified atom stereocenters. The minimum Gasteiger partial charge on any atom is -0.347 e. The Labute approximate surface area is 90.9 Å². The van der Waals surface area contributed by atoms with Gasteiger partial charge in [0, 0.05) is 37.1 Å².